The van der Waals surface area contributed by atoms with E-state index in [1.165, 1.54) is 6.07 Å². The Morgan fingerprint density at radius 2 is 2.31 bits per heavy atom. The van der Waals surface area contributed by atoms with Crippen LogP contribution in [0.5, 0.6) is 0 Å². The highest BCUT2D eigenvalue weighted by atomic mass is 79.9. The Hall–Kier alpha value is -1.55. The summed E-state index contributed by atoms with van der Waals surface area (Å²) in [6, 6.07) is 2.48. The fourth-order valence-corrected chi connectivity index (χ4v) is 1.60. The van der Waals surface area contributed by atoms with Crippen molar-refractivity contribution in [2.24, 2.45) is 0 Å². The predicted octanol–water partition coefficient (Wildman–Crippen LogP) is 2.48. The smallest absolute Gasteiger partial charge is 0.338 e. The largest absolute Gasteiger partial charge is 0.478 e. The van der Waals surface area contributed by atoms with Crippen LogP contribution in [0, 0.1) is 11.3 Å². The van der Waals surface area contributed by atoms with Gasteiger partial charge in [-0.15, -0.1) is 0 Å². The molecule has 0 saturated carbocycles. The van der Waals surface area contributed by atoms with Crippen LogP contribution in [-0.4, -0.2) is 16.1 Å². The number of pyridine rings is 1. The molecule has 1 heterocycles. The molecule has 0 amide bonds. The number of carboxylic acids is 1. The Labute approximate surface area is 97.7 Å². The van der Waals surface area contributed by atoms with E-state index < -0.39 is 23.8 Å². The zero-order valence-electron chi connectivity index (χ0n) is 7.75. The highest BCUT2D eigenvalue weighted by Crippen LogP contribution is 2.23. The average Bonchev–Trinajstić information content (AvgIpc) is 2.26. The van der Waals surface area contributed by atoms with Crippen LogP contribution in [0.15, 0.2) is 6.07 Å². The SMILES string of the molecule is N#Cc1nc(C(F)F)cc(CBr)c1C(=O)O. The number of hydrogen-bond donors (Lipinski definition) is 1. The number of aromatic carboxylic acids is 1. The Morgan fingerprint density at radius 3 is 2.69 bits per heavy atom. The molecule has 1 aromatic rings. The minimum absolute atomic E-state index is 0.0611. The third-order valence-corrected chi connectivity index (χ3v) is 2.41. The minimum atomic E-state index is -2.84. The molecule has 0 aromatic carbocycles. The second kappa shape index (κ2) is 4.99. The molecule has 0 bridgehead atoms. The van der Waals surface area contributed by atoms with E-state index in [1.807, 2.05) is 0 Å². The molecule has 7 heteroatoms. The molecule has 16 heavy (non-hydrogen) atoms. The van der Waals surface area contributed by atoms with Gasteiger partial charge in [0.25, 0.3) is 6.43 Å². The molecule has 4 nitrogen and oxygen atoms in total. The maximum absolute atomic E-state index is 12.4. The first-order valence-electron chi connectivity index (χ1n) is 4.02. The molecule has 84 valence electrons. The van der Waals surface area contributed by atoms with Crippen LogP contribution in [0.2, 0.25) is 0 Å². The molecule has 1 aromatic heterocycles. The molecule has 0 aliphatic heterocycles. The first-order chi connectivity index (χ1) is 7.51. The van der Waals surface area contributed by atoms with Crippen LogP contribution in [0.25, 0.3) is 0 Å². The lowest BCUT2D eigenvalue weighted by atomic mass is 10.1. The lowest BCUT2D eigenvalue weighted by Crippen LogP contribution is -2.09. The molecule has 0 atom stereocenters. The van der Waals surface area contributed by atoms with Gasteiger partial charge >= 0.3 is 5.97 Å². The molecular weight excluding hydrogens is 286 g/mol. The Morgan fingerprint density at radius 1 is 1.69 bits per heavy atom. The van der Waals surface area contributed by atoms with Crippen LogP contribution in [0.4, 0.5) is 8.78 Å². The first kappa shape index (κ1) is 12.5. The lowest BCUT2D eigenvalue weighted by molar-refractivity contribution is 0.0694. The van der Waals surface area contributed by atoms with Gasteiger partial charge in [0.2, 0.25) is 0 Å². The van der Waals surface area contributed by atoms with Gasteiger partial charge in [-0.2, -0.15) is 5.26 Å². The van der Waals surface area contributed by atoms with Gasteiger partial charge in [-0.05, 0) is 11.6 Å². The second-order valence-corrected chi connectivity index (χ2v) is 3.34. The molecule has 1 rings (SSSR count). The molecule has 0 saturated heterocycles. The van der Waals surface area contributed by atoms with Gasteiger partial charge in [-0.25, -0.2) is 18.6 Å². The van der Waals surface area contributed by atoms with E-state index in [1.54, 1.807) is 0 Å². The van der Waals surface area contributed by atoms with Crippen molar-refractivity contribution >= 4 is 21.9 Å². The lowest BCUT2D eigenvalue weighted by Gasteiger charge is -2.07. The monoisotopic (exact) mass is 290 g/mol. The van der Waals surface area contributed by atoms with Crippen LogP contribution < -0.4 is 0 Å². The molecule has 0 radical (unpaired) electrons. The maximum atomic E-state index is 12.4. The molecule has 1 N–H and O–H groups in total. The number of halogens is 3. The van der Waals surface area contributed by atoms with E-state index in [-0.39, 0.29) is 16.5 Å². The van der Waals surface area contributed by atoms with E-state index in [0.29, 0.717) is 0 Å². The van der Waals surface area contributed by atoms with E-state index in [9.17, 15) is 13.6 Å². The van der Waals surface area contributed by atoms with Crippen molar-refractivity contribution in [3.63, 3.8) is 0 Å². The predicted molar refractivity (Wildman–Crippen MR) is 53.5 cm³/mol. The summed E-state index contributed by atoms with van der Waals surface area (Å²) < 4.78 is 24.8. The number of carbonyl (C=O) groups is 1. The number of alkyl halides is 3. The molecule has 0 unspecified atom stereocenters. The Bertz CT molecular complexity index is 471. The zero-order valence-corrected chi connectivity index (χ0v) is 9.33. The van der Waals surface area contributed by atoms with Gasteiger partial charge in [0.15, 0.2) is 5.69 Å². The van der Waals surface area contributed by atoms with Crippen LogP contribution in [0.3, 0.4) is 0 Å². The van der Waals surface area contributed by atoms with Crippen molar-refractivity contribution in [1.29, 1.82) is 5.26 Å². The quantitative estimate of drug-likeness (QED) is 0.868. The van der Waals surface area contributed by atoms with Crippen molar-refractivity contribution in [1.82, 2.24) is 4.98 Å². The molecule has 0 fully saturated rings. The highest BCUT2D eigenvalue weighted by molar-refractivity contribution is 9.08. The molecule has 0 aliphatic rings. The summed E-state index contributed by atoms with van der Waals surface area (Å²) in [6.45, 7) is 0. The third kappa shape index (κ3) is 2.33. The summed E-state index contributed by atoms with van der Waals surface area (Å²) in [6.07, 6.45) is -2.84. The number of hydrogen-bond acceptors (Lipinski definition) is 3. The number of aromatic nitrogens is 1. The van der Waals surface area contributed by atoms with Crippen molar-refractivity contribution in [3.05, 3.63) is 28.6 Å². The molecule has 0 spiro atoms. The normalized spacial score (nSPS) is 10.2. The fraction of sp³-hybridized carbons (Fsp3) is 0.222. The maximum Gasteiger partial charge on any atom is 0.338 e. The Kier molecular flexibility index (Phi) is 3.90. The first-order valence-corrected chi connectivity index (χ1v) is 5.14. The summed E-state index contributed by atoms with van der Waals surface area (Å²) in [4.78, 5) is 14.1. The highest BCUT2D eigenvalue weighted by Gasteiger charge is 2.21. The second-order valence-electron chi connectivity index (χ2n) is 2.78. The summed E-state index contributed by atoms with van der Waals surface area (Å²) in [5.41, 5.74) is -1.34. The van der Waals surface area contributed by atoms with Crippen molar-refractivity contribution in [2.45, 2.75) is 11.8 Å². The molecular formula is C9H5BrF2N2O2. The van der Waals surface area contributed by atoms with Crippen molar-refractivity contribution < 1.29 is 18.7 Å². The van der Waals surface area contributed by atoms with Gasteiger partial charge in [0.05, 0.1) is 5.56 Å². The van der Waals surface area contributed by atoms with Crippen molar-refractivity contribution in [2.75, 3.05) is 0 Å². The van der Waals surface area contributed by atoms with E-state index >= 15 is 0 Å². The van der Waals surface area contributed by atoms with Crippen LogP contribution >= 0.6 is 15.9 Å². The van der Waals surface area contributed by atoms with Gasteiger partial charge in [0.1, 0.15) is 11.8 Å². The number of rotatable bonds is 3. The van der Waals surface area contributed by atoms with Gasteiger partial charge < -0.3 is 5.11 Å². The Balaban J connectivity index is 3.51. The zero-order chi connectivity index (χ0) is 12.3. The minimum Gasteiger partial charge on any atom is -0.478 e. The average molecular weight is 291 g/mol. The van der Waals surface area contributed by atoms with Gasteiger partial charge in [0, 0.05) is 5.33 Å². The molecule has 0 aliphatic carbocycles. The summed E-state index contributed by atoms with van der Waals surface area (Å²) in [5, 5.41) is 17.6. The fourth-order valence-electron chi connectivity index (χ4n) is 1.16. The van der Waals surface area contributed by atoms with Crippen molar-refractivity contribution in [3.8, 4) is 6.07 Å². The topological polar surface area (TPSA) is 74.0 Å². The van der Waals surface area contributed by atoms with E-state index in [0.717, 1.165) is 6.07 Å². The van der Waals surface area contributed by atoms with E-state index in [4.69, 9.17) is 10.4 Å². The standard InChI is InChI=1S/C9H5BrF2N2O2/c10-2-4-1-5(8(11)12)14-6(3-13)7(4)9(15)16/h1,8H,2H2,(H,15,16). The van der Waals surface area contributed by atoms with Crippen LogP contribution in [-0.2, 0) is 5.33 Å². The van der Waals surface area contributed by atoms with Gasteiger partial charge in [-0.1, -0.05) is 15.9 Å². The third-order valence-electron chi connectivity index (χ3n) is 1.81. The summed E-state index contributed by atoms with van der Waals surface area (Å²) >= 11 is 2.98. The summed E-state index contributed by atoms with van der Waals surface area (Å²) in [7, 11) is 0. The summed E-state index contributed by atoms with van der Waals surface area (Å²) in [5.74, 6) is -1.36. The number of nitriles is 1. The van der Waals surface area contributed by atoms with Gasteiger partial charge in [-0.3, -0.25) is 0 Å². The van der Waals surface area contributed by atoms with Crippen LogP contribution in [0.1, 0.15) is 33.7 Å². The number of nitrogens with zero attached hydrogens (tertiary/aromatic N) is 2. The van der Waals surface area contributed by atoms with E-state index in [2.05, 4.69) is 20.9 Å². The number of carboxylic acid groups (broad SMARTS) is 1.